The van der Waals surface area contributed by atoms with Crippen LogP contribution in [-0.2, 0) is 32.8 Å². The number of oxazole rings is 1. The first-order valence-corrected chi connectivity index (χ1v) is 16.3. The van der Waals surface area contributed by atoms with Crippen molar-refractivity contribution in [2.45, 2.75) is 57.6 Å². The van der Waals surface area contributed by atoms with Gasteiger partial charge in [0.2, 0.25) is 23.6 Å². The van der Waals surface area contributed by atoms with Crippen molar-refractivity contribution in [1.82, 2.24) is 15.2 Å². The van der Waals surface area contributed by atoms with Gasteiger partial charge < -0.3 is 24.9 Å². The third kappa shape index (κ3) is 7.21. The van der Waals surface area contributed by atoms with Crippen molar-refractivity contribution in [3.63, 3.8) is 0 Å². The molecule has 1 saturated heterocycles. The maximum Gasteiger partial charge on any atom is 0.270 e. The Labute approximate surface area is 288 Å². The Morgan fingerprint density at radius 1 is 1.00 bits per heavy atom. The molecule has 0 spiro atoms. The highest BCUT2D eigenvalue weighted by Gasteiger charge is 2.42. The predicted molar refractivity (Wildman–Crippen MR) is 180 cm³/mol. The zero-order valence-corrected chi connectivity index (χ0v) is 27.7. The summed E-state index contributed by atoms with van der Waals surface area (Å²) in [4.78, 5) is 66.4. The number of nitrogens with one attached hydrogen (secondary N) is 2. The summed E-state index contributed by atoms with van der Waals surface area (Å²) >= 11 is 0. The lowest BCUT2D eigenvalue weighted by Crippen LogP contribution is -2.58. The molecule has 0 saturated carbocycles. The summed E-state index contributed by atoms with van der Waals surface area (Å²) in [5, 5.41) is 5.54. The van der Waals surface area contributed by atoms with E-state index in [1.165, 1.54) is 6.26 Å². The van der Waals surface area contributed by atoms with E-state index >= 15 is 0 Å². The highest BCUT2D eigenvalue weighted by molar-refractivity contribution is 6.14. The second-order valence-corrected chi connectivity index (χ2v) is 12.6. The normalized spacial score (nSPS) is 16.1. The Morgan fingerprint density at radius 2 is 1.68 bits per heavy atom. The van der Waals surface area contributed by atoms with E-state index in [0.29, 0.717) is 42.1 Å². The van der Waals surface area contributed by atoms with E-state index in [1.807, 2.05) is 54.6 Å². The SMILES string of the molecule is CC(C)(c1ccc(OCCCNc2cccc3c2CC(=O)N(C2CCC(=O)NC2=O)C3=O)cc1)c1ccc(OCc2nc(C(N)=O)co2)cc1. The smallest absolute Gasteiger partial charge is 0.270 e. The topological polar surface area (TPSA) is 183 Å². The molecule has 1 aromatic heterocycles. The molecular weight excluding hydrogens is 642 g/mol. The number of aromatic nitrogens is 1. The number of carbonyl (C=O) groups excluding carboxylic acids is 5. The molecule has 0 radical (unpaired) electrons. The lowest BCUT2D eigenvalue weighted by Gasteiger charge is -2.35. The number of hydrogen-bond donors (Lipinski definition) is 3. The molecule has 13 nitrogen and oxygen atoms in total. The van der Waals surface area contributed by atoms with Gasteiger partial charge in [0.15, 0.2) is 12.3 Å². The van der Waals surface area contributed by atoms with Crippen LogP contribution in [0.1, 0.15) is 76.5 Å². The quantitative estimate of drug-likeness (QED) is 0.138. The van der Waals surface area contributed by atoms with E-state index in [0.717, 1.165) is 21.8 Å². The second-order valence-electron chi connectivity index (χ2n) is 12.6. The number of hydrogen-bond acceptors (Lipinski definition) is 10. The van der Waals surface area contributed by atoms with Crippen LogP contribution in [0.15, 0.2) is 77.4 Å². The number of carbonyl (C=O) groups is 5. The number of anilines is 1. The van der Waals surface area contributed by atoms with Crippen molar-refractivity contribution in [3.8, 4) is 11.5 Å². The molecule has 1 fully saturated rings. The molecular formula is C37H37N5O8. The summed E-state index contributed by atoms with van der Waals surface area (Å²) in [6.07, 6.45) is 2.04. The first-order chi connectivity index (χ1) is 24.0. The monoisotopic (exact) mass is 679 g/mol. The molecule has 3 heterocycles. The van der Waals surface area contributed by atoms with Gasteiger partial charge in [0.1, 0.15) is 23.8 Å². The maximum atomic E-state index is 13.3. The first kappa shape index (κ1) is 33.9. The summed E-state index contributed by atoms with van der Waals surface area (Å²) in [6.45, 7) is 5.34. The van der Waals surface area contributed by atoms with E-state index in [2.05, 4.69) is 29.5 Å². The third-order valence-electron chi connectivity index (χ3n) is 8.97. The van der Waals surface area contributed by atoms with E-state index < -0.39 is 35.6 Å². The molecule has 4 N–H and O–H groups in total. The molecule has 258 valence electrons. The number of nitrogens with zero attached hydrogens (tertiary/aromatic N) is 2. The van der Waals surface area contributed by atoms with Crippen LogP contribution in [0.5, 0.6) is 11.5 Å². The van der Waals surface area contributed by atoms with Gasteiger partial charge in [-0.15, -0.1) is 0 Å². The maximum absolute atomic E-state index is 13.3. The zero-order valence-electron chi connectivity index (χ0n) is 27.7. The molecule has 4 aromatic rings. The van der Waals surface area contributed by atoms with E-state index in [-0.39, 0.29) is 42.9 Å². The molecule has 1 atom stereocenters. The number of fused-ring (bicyclic) bond motifs is 1. The van der Waals surface area contributed by atoms with Crippen molar-refractivity contribution in [1.29, 1.82) is 0 Å². The number of ether oxygens (including phenoxy) is 2. The Balaban J connectivity index is 0.981. The predicted octanol–water partition coefficient (Wildman–Crippen LogP) is 3.89. The van der Waals surface area contributed by atoms with Gasteiger partial charge in [0.05, 0.1) is 13.0 Å². The van der Waals surface area contributed by atoms with Crippen LogP contribution in [-0.4, -0.2) is 58.6 Å². The summed E-state index contributed by atoms with van der Waals surface area (Å²) in [6, 6.07) is 19.9. The molecule has 13 heteroatoms. The van der Waals surface area contributed by atoms with Crippen LogP contribution in [0.2, 0.25) is 0 Å². The van der Waals surface area contributed by atoms with Gasteiger partial charge in [0, 0.05) is 29.6 Å². The number of rotatable bonds is 13. The molecule has 5 amide bonds. The number of imide groups is 2. The van der Waals surface area contributed by atoms with Crippen LogP contribution in [0, 0.1) is 0 Å². The average Bonchev–Trinajstić information content (AvgIpc) is 3.58. The summed E-state index contributed by atoms with van der Waals surface area (Å²) in [5.41, 5.74) is 8.81. The summed E-state index contributed by atoms with van der Waals surface area (Å²) in [7, 11) is 0. The Hall–Kier alpha value is -5.98. The summed E-state index contributed by atoms with van der Waals surface area (Å²) < 4.78 is 16.9. The molecule has 3 aromatic carbocycles. The van der Waals surface area contributed by atoms with Gasteiger partial charge in [0.25, 0.3) is 11.8 Å². The lowest BCUT2D eigenvalue weighted by molar-refractivity contribution is -0.143. The van der Waals surface area contributed by atoms with E-state index in [9.17, 15) is 24.0 Å². The number of nitrogens with two attached hydrogens (primary N) is 1. The summed E-state index contributed by atoms with van der Waals surface area (Å²) in [5.74, 6) is -1.06. The van der Waals surface area contributed by atoms with E-state index in [1.54, 1.807) is 12.1 Å². The molecule has 1 unspecified atom stereocenters. The minimum absolute atomic E-state index is 0.0248. The largest absolute Gasteiger partial charge is 0.494 e. The average molecular weight is 680 g/mol. The van der Waals surface area contributed by atoms with Gasteiger partial charge >= 0.3 is 0 Å². The van der Waals surface area contributed by atoms with Crippen LogP contribution in [0.25, 0.3) is 0 Å². The minimum atomic E-state index is -0.985. The molecule has 6 rings (SSSR count). The Kier molecular flexibility index (Phi) is 9.66. The first-order valence-electron chi connectivity index (χ1n) is 16.3. The second kappa shape index (κ2) is 14.2. The lowest BCUT2D eigenvalue weighted by atomic mass is 9.78. The highest BCUT2D eigenvalue weighted by Crippen LogP contribution is 2.34. The minimum Gasteiger partial charge on any atom is -0.494 e. The number of amides is 5. The third-order valence-corrected chi connectivity index (χ3v) is 8.97. The van der Waals surface area contributed by atoms with Crippen molar-refractivity contribution in [2.24, 2.45) is 5.73 Å². The number of piperidine rings is 1. The van der Waals surface area contributed by atoms with Gasteiger partial charge in [-0.25, -0.2) is 4.98 Å². The zero-order chi connectivity index (χ0) is 35.4. The van der Waals surface area contributed by atoms with Crippen molar-refractivity contribution < 1.29 is 37.9 Å². The molecule has 2 aliphatic rings. The van der Waals surface area contributed by atoms with Crippen LogP contribution < -0.4 is 25.8 Å². The molecule has 0 aliphatic carbocycles. The fourth-order valence-corrected chi connectivity index (χ4v) is 6.09. The van der Waals surface area contributed by atoms with E-state index in [4.69, 9.17) is 19.6 Å². The highest BCUT2D eigenvalue weighted by atomic mass is 16.5. The van der Waals surface area contributed by atoms with Gasteiger partial charge in [-0.3, -0.25) is 34.2 Å². The van der Waals surface area contributed by atoms with Gasteiger partial charge in [-0.1, -0.05) is 44.2 Å². The van der Waals surface area contributed by atoms with Crippen molar-refractivity contribution >= 4 is 35.2 Å². The number of primary amides is 1. The van der Waals surface area contributed by atoms with Gasteiger partial charge in [-0.05, 0) is 65.9 Å². The van der Waals surface area contributed by atoms with Crippen LogP contribution >= 0.6 is 0 Å². The standard InChI is InChI=1S/C37H37N5O8/c1-37(2,23-9-13-25(14-10-23)49-21-32-40-29(20-50-32)34(38)45)22-7-11-24(12-8-22)48-18-4-17-39-28-6-3-5-26-27(28)19-33(44)42(36(26)47)30-15-16-31(43)41-35(30)46/h3,5-14,20,30,39H,4,15-19,21H2,1-2H3,(H2,38,45)(H,41,43,46). The van der Waals surface area contributed by atoms with Gasteiger partial charge in [-0.2, -0.15) is 0 Å². The molecule has 50 heavy (non-hydrogen) atoms. The van der Waals surface area contributed by atoms with Crippen LogP contribution in [0.3, 0.4) is 0 Å². The van der Waals surface area contributed by atoms with Crippen molar-refractivity contribution in [3.05, 3.63) is 107 Å². The van der Waals surface area contributed by atoms with Crippen molar-refractivity contribution in [2.75, 3.05) is 18.5 Å². The van der Waals surface area contributed by atoms with Crippen LogP contribution in [0.4, 0.5) is 5.69 Å². The fraction of sp³-hybridized carbons (Fsp3) is 0.297. The Bertz CT molecular complexity index is 1930. The molecule has 0 bridgehead atoms. The Morgan fingerprint density at radius 3 is 2.32 bits per heavy atom. The number of benzene rings is 3. The fourth-order valence-electron chi connectivity index (χ4n) is 6.09. The molecule has 2 aliphatic heterocycles.